The molecule has 0 atom stereocenters. The molecule has 0 aliphatic carbocycles. The van der Waals surface area contributed by atoms with Crippen molar-refractivity contribution in [2.45, 2.75) is 20.0 Å². The highest BCUT2D eigenvalue weighted by atomic mass is 127. The summed E-state index contributed by atoms with van der Waals surface area (Å²) in [6.07, 6.45) is 1.87. The van der Waals surface area contributed by atoms with E-state index in [-0.39, 0.29) is 29.8 Å². The third-order valence-electron chi connectivity index (χ3n) is 2.97. The molecule has 22 heavy (non-hydrogen) atoms. The monoisotopic (exact) mass is 434 g/mol. The summed E-state index contributed by atoms with van der Waals surface area (Å²) >= 11 is 1.67. The number of benzene rings is 1. The molecule has 7 heteroatoms. The molecule has 0 fully saturated rings. The van der Waals surface area contributed by atoms with Crippen molar-refractivity contribution in [1.82, 2.24) is 15.2 Å². The molecule has 1 heterocycles. The van der Waals surface area contributed by atoms with Gasteiger partial charge in [-0.3, -0.25) is 4.99 Å². The predicted octanol–water partition coefficient (Wildman–Crippen LogP) is 3.42. The number of aromatic nitrogens is 1. The Hall–Kier alpha value is -1.22. The van der Waals surface area contributed by atoms with Crippen molar-refractivity contribution in [1.29, 1.82) is 0 Å². The van der Waals surface area contributed by atoms with Crippen LogP contribution in [0.3, 0.4) is 0 Å². The van der Waals surface area contributed by atoms with Crippen LogP contribution in [0.15, 0.2) is 35.5 Å². The lowest BCUT2D eigenvalue weighted by Gasteiger charge is -2.21. The molecule has 0 saturated heterocycles. The van der Waals surface area contributed by atoms with Crippen molar-refractivity contribution in [2.24, 2.45) is 4.99 Å². The summed E-state index contributed by atoms with van der Waals surface area (Å²) in [7, 11) is 3.70. The Bertz CT molecular complexity index is 612. The van der Waals surface area contributed by atoms with E-state index < -0.39 is 0 Å². The quantitative estimate of drug-likeness (QED) is 0.456. The number of thiazole rings is 1. The fourth-order valence-corrected chi connectivity index (χ4v) is 2.69. The molecule has 0 radical (unpaired) electrons. The van der Waals surface area contributed by atoms with Crippen LogP contribution in [-0.2, 0) is 13.1 Å². The largest absolute Gasteiger partial charge is 0.350 e. The number of rotatable bonds is 4. The highest BCUT2D eigenvalue weighted by Crippen LogP contribution is 2.11. The number of aryl methyl sites for hydroxylation is 1. The number of hydrogen-bond acceptors (Lipinski definition) is 3. The standard InChI is InChI=1S/C15H19FN4S.HI/c1-11-8-18-14(21-11)9-19-15(17-2)20(3)10-12-4-6-13(16)7-5-12;/h4-8H,9-10H2,1-3H3,(H,17,19);1H. The van der Waals surface area contributed by atoms with Gasteiger partial charge in [-0.05, 0) is 24.6 Å². The van der Waals surface area contributed by atoms with Gasteiger partial charge in [0.05, 0.1) is 6.54 Å². The molecule has 2 aromatic rings. The van der Waals surface area contributed by atoms with Gasteiger partial charge in [0.1, 0.15) is 10.8 Å². The maximum Gasteiger partial charge on any atom is 0.194 e. The zero-order valence-corrected chi connectivity index (χ0v) is 16.0. The smallest absolute Gasteiger partial charge is 0.194 e. The third kappa shape index (κ3) is 5.53. The highest BCUT2D eigenvalue weighted by molar-refractivity contribution is 14.0. The second kappa shape index (κ2) is 9.04. The second-order valence-corrected chi connectivity index (χ2v) is 6.07. The molecule has 1 aromatic carbocycles. The minimum Gasteiger partial charge on any atom is -0.350 e. The molecule has 4 nitrogen and oxygen atoms in total. The van der Waals surface area contributed by atoms with Crippen LogP contribution in [0, 0.1) is 12.7 Å². The first-order valence-corrected chi connectivity index (χ1v) is 7.47. The number of nitrogens with zero attached hydrogens (tertiary/aromatic N) is 3. The van der Waals surface area contributed by atoms with E-state index in [4.69, 9.17) is 0 Å². The van der Waals surface area contributed by atoms with Crippen molar-refractivity contribution < 1.29 is 4.39 Å². The zero-order chi connectivity index (χ0) is 15.2. The molecular formula is C15H20FIN4S. The fraction of sp³-hybridized carbons (Fsp3) is 0.333. The molecule has 0 bridgehead atoms. The molecular weight excluding hydrogens is 414 g/mol. The summed E-state index contributed by atoms with van der Waals surface area (Å²) in [5, 5.41) is 4.31. The van der Waals surface area contributed by atoms with E-state index >= 15 is 0 Å². The second-order valence-electron chi connectivity index (χ2n) is 4.75. The average Bonchev–Trinajstić information content (AvgIpc) is 2.88. The summed E-state index contributed by atoms with van der Waals surface area (Å²) in [4.78, 5) is 11.8. The van der Waals surface area contributed by atoms with Gasteiger partial charge in [-0.15, -0.1) is 35.3 Å². The van der Waals surface area contributed by atoms with Crippen LogP contribution in [0.5, 0.6) is 0 Å². The van der Waals surface area contributed by atoms with Gasteiger partial charge in [-0.1, -0.05) is 12.1 Å². The number of aliphatic imine (C=N–C) groups is 1. The molecule has 1 aromatic heterocycles. The first kappa shape index (κ1) is 18.8. The molecule has 0 aliphatic heterocycles. The Morgan fingerprint density at radius 3 is 2.59 bits per heavy atom. The number of hydrogen-bond donors (Lipinski definition) is 1. The Morgan fingerprint density at radius 1 is 1.36 bits per heavy atom. The third-order valence-corrected chi connectivity index (χ3v) is 3.89. The van der Waals surface area contributed by atoms with Crippen LogP contribution in [-0.4, -0.2) is 29.9 Å². The van der Waals surface area contributed by atoms with Gasteiger partial charge in [0.25, 0.3) is 0 Å². The predicted molar refractivity (Wildman–Crippen MR) is 100 cm³/mol. The van der Waals surface area contributed by atoms with E-state index in [1.54, 1.807) is 30.5 Å². The van der Waals surface area contributed by atoms with Crippen molar-refractivity contribution in [3.63, 3.8) is 0 Å². The minimum absolute atomic E-state index is 0. The normalized spacial score (nSPS) is 11.0. The highest BCUT2D eigenvalue weighted by Gasteiger charge is 2.07. The van der Waals surface area contributed by atoms with Gasteiger partial charge in [0.2, 0.25) is 0 Å². The summed E-state index contributed by atoms with van der Waals surface area (Å²) in [6, 6.07) is 6.50. The van der Waals surface area contributed by atoms with Crippen LogP contribution in [0.1, 0.15) is 15.4 Å². The van der Waals surface area contributed by atoms with Crippen LogP contribution >= 0.6 is 35.3 Å². The molecule has 120 valence electrons. The summed E-state index contributed by atoms with van der Waals surface area (Å²) in [5.74, 6) is 0.565. The van der Waals surface area contributed by atoms with Gasteiger partial charge in [0, 0.05) is 31.7 Å². The summed E-state index contributed by atoms with van der Waals surface area (Å²) < 4.78 is 12.9. The van der Waals surface area contributed by atoms with E-state index in [0.29, 0.717) is 13.1 Å². The zero-order valence-electron chi connectivity index (χ0n) is 12.8. The van der Waals surface area contributed by atoms with Gasteiger partial charge in [-0.2, -0.15) is 0 Å². The lowest BCUT2D eigenvalue weighted by Crippen LogP contribution is -2.38. The number of guanidine groups is 1. The van der Waals surface area contributed by atoms with Gasteiger partial charge >= 0.3 is 0 Å². The van der Waals surface area contributed by atoms with E-state index in [2.05, 4.69) is 15.3 Å². The van der Waals surface area contributed by atoms with Gasteiger partial charge in [0.15, 0.2) is 5.96 Å². The molecule has 0 spiro atoms. The summed E-state index contributed by atoms with van der Waals surface area (Å²) in [6.45, 7) is 3.35. The fourth-order valence-electron chi connectivity index (χ4n) is 1.96. The van der Waals surface area contributed by atoms with Gasteiger partial charge < -0.3 is 10.2 Å². The lowest BCUT2D eigenvalue weighted by atomic mass is 10.2. The van der Waals surface area contributed by atoms with Crippen molar-refractivity contribution in [3.8, 4) is 0 Å². The van der Waals surface area contributed by atoms with E-state index in [1.165, 1.54) is 17.0 Å². The molecule has 0 unspecified atom stereocenters. The maximum absolute atomic E-state index is 12.9. The van der Waals surface area contributed by atoms with Crippen LogP contribution in [0.25, 0.3) is 0 Å². The van der Waals surface area contributed by atoms with Gasteiger partial charge in [-0.25, -0.2) is 9.37 Å². The summed E-state index contributed by atoms with van der Waals surface area (Å²) in [5.41, 5.74) is 1.03. The van der Waals surface area contributed by atoms with Crippen molar-refractivity contribution in [3.05, 3.63) is 51.7 Å². The Balaban J connectivity index is 0.00000242. The SMILES string of the molecule is CN=C(NCc1ncc(C)s1)N(C)Cc1ccc(F)cc1.I. The average molecular weight is 434 g/mol. The molecule has 2 rings (SSSR count). The first-order chi connectivity index (χ1) is 10.1. The van der Waals surface area contributed by atoms with Crippen LogP contribution in [0.4, 0.5) is 4.39 Å². The van der Waals surface area contributed by atoms with Crippen molar-refractivity contribution in [2.75, 3.05) is 14.1 Å². The Labute approximate surface area is 151 Å². The first-order valence-electron chi connectivity index (χ1n) is 6.66. The minimum atomic E-state index is -0.219. The molecule has 0 amide bonds. The Kier molecular flexibility index (Phi) is 7.74. The number of nitrogens with one attached hydrogen (secondary N) is 1. The van der Waals surface area contributed by atoms with Crippen LogP contribution < -0.4 is 5.32 Å². The van der Waals surface area contributed by atoms with Crippen LogP contribution in [0.2, 0.25) is 0 Å². The molecule has 0 aliphatic rings. The number of halogens is 2. The molecule has 0 saturated carbocycles. The lowest BCUT2D eigenvalue weighted by molar-refractivity contribution is 0.476. The van der Waals surface area contributed by atoms with Crippen molar-refractivity contribution >= 4 is 41.3 Å². The molecule has 1 N–H and O–H groups in total. The maximum atomic E-state index is 12.9. The van der Waals surface area contributed by atoms with E-state index in [9.17, 15) is 4.39 Å². The topological polar surface area (TPSA) is 40.5 Å². The Morgan fingerprint density at radius 2 is 2.05 bits per heavy atom. The van der Waals surface area contributed by atoms with E-state index in [0.717, 1.165) is 16.5 Å². The van der Waals surface area contributed by atoms with E-state index in [1.807, 2.05) is 25.1 Å².